The Bertz CT molecular complexity index is 1480. The Hall–Kier alpha value is -4.12. The molecule has 0 saturated carbocycles. The number of nitrogens with one attached hydrogen (secondary N) is 2. The lowest BCUT2D eigenvalue weighted by atomic mass is 10.1. The van der Waals surface area contributed by atoms with Crippen molar-refractivity contribution in [1.29, 1.82) is 0 Å². The lowest BCUT2D eigenvalue weighted by Crippen LogP contribution is -2.43. The molecule has 0 unspecified atom stereocenters. The molecule has 1 aliphatic heterocycles. The lowest BCUT2D eigenvalue weighted by Gasteiger charge is -2.17. The Kier molecular flexibility index (Phi) is 8.70. The number of rotatable bonds is 10. The molecule has 1 aliphatic rings. The Morgan fingerprint density at radius 2 is 1.72 bits per heavy atom. The topological polar surface area (TPSA) is 130 Å². The molecule has 11 nitrogen and oxygen atoms in total. The number of amides is 2. The molecule has 0 radical (unpaired) electrons. The molecule has 1 atom stereocenters. The molecular formula is C28H34N4O7. The molecular weight excluding hydrogens is 504 g/mol. The predicted octanol–water partition coefficient (Wildman–Crippen LogP) is 2.12. The van der Waals surface area contributed by atoms with Gasteiger partial charge >= 0.3 is 5.69 Å². The van der Waals surface area contributed by atoms with E-state index in [1.165, 1.54) is 30.9 Å². The molecule has 2 amide bonds. The van der Waals surface area contributed by atoms with Gasteiger partial charge in [-0.05, 0) is 43.9 Å². The molecule has 0 aliphatic carbocycles. The highest BCUT2D eigenvalue weighted by molar-refractivity contribution is 5.93. The predicted molar refractivity (Wildman–Crippen MR) is 147 cm³/mol. The Morgan fingerprint density at radius 3 is 2.36 bits per heavy atom. The summed E-state index contributed by atoms with van der Waals surface area (Å²) in [5.41, 5.74) is 1.35. The van der Waals surface area contributed by atoms with Gasteiger partial charge in [0.1, 0.15) is 6.54 Å². The molecule has 2 N–H and O–H groups in total. The molecule has 0 spiro atoms. The highest BCUT2D eigenvalue weighted by atomic mass is 16.5. The van der Waals surface area contributed by atoms with E-state index in [4.69, 9.17) is 14.2 Å². The van der Waals surface area contributed by atoms with Gasteiger partial charge in [-0.2, -0.15) is 0 Å². The summed E-state index contributed by atoms with van der Waals surface area (Å²) in [6, 6.07) is 8.63. The number of carbonyl (C=O) groups excluding carboxylic acids is 2. The number of anilines is 1. The highest BCUT2D eigenvalue weighted by Gasteiger charge is 2.21. The van der Waals surface area contributed by atoms with Crippen LogP contribution in [0.1, 0.15) is 30.4 Å². The van der Waals surface area contributed by atoms with Crippen LogP contribution in [0.2, 0.25) is 0 Å². The van der Waals surface area contributed by atoms with E-state index in [1.54, 1.807) is 0 Å². The van der Waals surface area contributed by atoms with Crippen LogP contribution in [0.4, 0.5) is 5.69 Å². The zero-order chi connectivity index (χ0) is 28.1. The van der Waals surface area contributed by atoms with Gasteiger partial charge in [0.15, 0.2) is 11.5 Å². The summed E-state index contributed by atoms with van der Waals surface area (Å²) in [7, 11) is 2.88. The maximum Gasteiger partial charge on any atom is 0.331 e. The van der Waals surface area contributed by atoms with Crippen molar-refractivity contribution < 1.29 is 23.8 Å². The van der Waals surface area contributed by atoms with Crippen LogP contribution in [-0.2, 0) is 27.4 Å². The zero-order valence-corrected chi connectivity index (χ0v) is 22.7. The third kappa shape index (κ3) is 6.14. The van der Waals surface area contributed by atoms with Gasteiger partial charge in [-0.15, -0.1) is 0 Å². The van der Waals surface area contributed by atoms with Crippen LogP contribution in [-0.4, -0.2) is 54.4 Å². The first-order chi connectivity index (χ1) is 18.7. The van der Waals surface area contributed by atoms with Crippen LogP contribution in [0.3, 0.4) is 0 Å². The van der Waals surface area contributed by atoms with Crippen molar-refractivity contribution in [2.75, 3.05) is 32.7 Å². The van der Waals surface area contributed by atoms with Crippen LogP contribution in [0.25, 0.3) is 10.9 Å². The van der Waals surface area contributed by atoms with Gasteiger partial charge in [0.05, 0.1) is 31.2 Å². The zero-order valence-electron chi connectivity index (χ0n) is 22.7. The molecule has 4 rings (SSSR count). The van der Waals surface area contributed by atoms with E-state index in [-0.39, 0.29) is 42.4 Å². The van der Waals surface area contributed by atoms with E-state index in [9.17, 15) is 19.2 Å². The maximum atomic E-state index is 13.6. The molecule has 2 aromatic carbocycles. The average molecular weight is 539 g/mol. The fourth-order valence-corrected chi connectivity index (χ4v) is 4.76. The number of aromatic nitrogens is 2. The van der Waals surface area contributed by atoms with Crippen molar-refractivity contribution in [3.05, 3.63) is 62.3 Å². The number of carbonyl (C=O) groups is 2. The number of aryl methyl sites for hydroxylation is 2. The number of nitrogens with zero attached hydrogens (tertiary/aromatic N) is 2. The summed E-state index contributed by atoms with van der Waals surface area (Å²) in [4.78, 5) is 52.6. The monoisotopic (exact) mass is 538 g/mol. The molecule has 2 heterocycles. The SMILES string of the molecule is COc1cc2c(=O)n(CCC(=O)NC[C@@H]3CCCO3)c(=O)n(CC(=O)Nc3c(C)cccc3C)c2cc1OC. The van der Waals surface area contributed by atoms with Gasteiger partial charge in [0.2, 0.25) is 11.8 Å². The van der Waals surface area contributed by atoms with Gasteiger partial charge in [-0.25, -0.2) is 4.79 Å². The second-order valence-electron chi connectivity index (χ2n) is 9.55. The van der Waals surface area contributed by atoms with Crippen molar-refractivity contribution in [2.45, 2.75) is 52.3 Å². The average Bonchev–Trinajstić information content (AvgIpc) is 3.45. The number of ether oxygens (including phenoxy) is 3. The Morgan fingerprint density at radius 1 is 1.03 bits per heavy atom. The number of methoxy groups -OCH3 is 2. The first kappa shape index (κ1) is 27.9. The van der Waals surface area contributed by atoms with Crippen molar-refractivity contribution in [2.24, 2.45) is 0 Å². The fraction of sp³-hybridized carbons (Fsp3) is 0.429. The minimum Gasteiger partial charge on any atom is -0.493 e. The van der Waals surface area contributed by atoms with Crippen molar-refractivity contribution in [3.63, 3.8) is 0 Å². The summed E-state index contributed by atoms with van der Waals surface area (Å²) in [6.45, 7) is 4.31. The molecule has 3 aromatic rings. The third-order valence-corrected chi connectivity index (χ3v) is 6.89. The van der Waals surface area contributed by atoms with E-state index in [0.717, 1.165) is 28.5 Å². The summed E-state index contributed by atoms with van der Waals surface area (Å²) in [5, 5.41) is 5.84. The standard InChI is InChI=1S/C28H34N4O7/c1-17-7-5-8-18(2)26(17)30-25(34)16-32-21-14-23(38-4)22(37-3)13-20(21)27(35)31(28(32)36)11-10-24(33)29-15-19-9-6-12-39-19/h5,7-8,13-14,19H,6,9-12,15-16H2,1-4H3,(H,29,33)(H,30,34)/t19-/m0/s1. The second-order valence-corrected chi connectivity index (χ2v) is 9.55. The second kappa shape index (κ2) is 12.2. The van der Waals surface area contributed by atoms with E-state index in [0.29, 0.717) is 30.3 Å². The highest BCUT2D eigenvalue weighted by Crippen LogP contribution is 2.30. The summed E-state index contributed by atoms with van der Waals surface area (Å²) in [6.07, 6.45) is 1.73. The number of hydrogen-bond acceptors (Lipinski definition) is 7. The number of hydrogen-bond donors (Lipinski definition) is 2. The van der Waals surface area contributed by atoms with Crippen LogP contribution in [0.5, 0.6) is 11.5 Å². The Balaban J connectivity index is 1.68. The van der Waals surface area contributed by atoms with Crippen molar-refractivity contribution >= 4 is 28.4 Å². The molecule has 208 valence electrons. The van der Waals surface area contributed by atoms with Crippen LogP contribution < -0.4 is 31.4 Å². The maximum absolute atomic E-state index is 13.6. The Labute approximate surface area is 225 Å². The molecule has 1 aromatic heterocycles. The normalized spacial score (nSPS) is 14.8. The first-order valence-electron chi connectivity index (χ1n) is 12.9. The van der Waals surface area contributed by atoms with Crippen LogP contribution in [0.15, 0.2) is 39.9 Å². The number of fused-ring (bicyclic) bond motifs is 1. The smallest absolute Gasteiger partial charge is 0.331 e. The molecule has 0 bridgehead atoms. The summed E-state index contributed by atoms with van der Waals surface area (Å²) in [5.74, 6) is -0.138. The first-order valence-corrected chi connectivity index (χ1v) is 12.9. The van der Waals surface area contributed by atoms with Crippen molar-refractivity contribution in [3.8, 4) is 11.5 Å². The van der Waals surface area contributed by atoms with Crippen LogP contribution >= 0.6 is 0 Å². The number of benzene rings is 2. The number of para-hydroxylation sites is 1. The van der Waals surface area contributed by atoms with Crippen LogP contribution in [0, 0.1) is 13.8 Å². The molecule has 39 heavy (non-hydrogen) atoms. The summed E-state index contributed by atoms with van der Waals surface area (Å²) < 4.78 is 18.4. The largest absolute Gasteiger partial charge is 0.493 e. The lowest BCUT2D eigenvalue weighted by molar-refractivity contribution is -0.122. The van der Waals surface area contributed by atoms with E-state index in [2.05, 4.69) is 10.6 Å². The summed E-state index contributed by atoms with van der Waals surface area (Å²) >= 11 is 0. The van der Waals surface area contributed by atoms with Gasteiger partial charge in [0, 0.05) is 37.9 Å². The van der Waals surface area contributed by atoms with Gasteiger partial charge in [-0.3, -0.25) is 23.5 Å². The van der Waals surface area contributed by atoms with Gasteiger partial charge in [-0.1, -0.05) is 18.2 Å². The molecule has 1 fully saturated rings. The minimum absolute atomic E-state index is 0.0209. The fourth-order valence-electron chi connectivity index (χ4n) is 4.76. The van der Waals surface area contributed by atoms with E-state index < -0.39 is 17.2 Å². The van der Waals surface area contributed by atoms with Crippen molar-refractivity contribution in [1.82, 2.24) is 14.5 Å². The third-order valence-electron chi connectivity index (χ3n) is 6.89. The molecule has 11 heteroatoms. The van der Waals surface area contributed by atoms with Gasteiger partial charge < -0.3 is 24.8 Å². The van der Waals surface area contributed by atoms with E-state index >= 15 is 0 Å². The minimum atomic E-state index is -0.705. The van der Waals surface area contributed by atoms with Gasteiger partial charge in [0.25, 0.3) is 5.56 Å². The van der Waals surface area contributed by atoms with E-state index in [1.807, 2.05) is 32.0 Å². The quantitative estimate of drug-likeness (QED) is 0.404. The molecule has 1 saturated heterocycles.